The minimum absolute atomic E-state index is 0.241. The molecule has 0 amide bonds. The topological polar surface area (TPSA) is 51.0 Å². The molecule has 2 rings (SSSR count). The van der Waals surface area contributed by atoms with Gasteiger partial charge in [-0.15, -0.1) is 10.2 Å². The molecule has 0 aliphatic heterocycles. The third-order valence-electron chi connectivity index (χ3n) is 3.99. The number of hydrogen-bond acceptors (Lipinski definition) is 4. The molecule has 0 aliphatic carbocycles. The molecule has 1 aromatic heterocycles. The van der Waals surface area contributed by atoms with Crippen LogP contribution in [0.2, 0.25) is 0 Å². The van der Waals surface area contributed by atoms with Crippen LogP contribution in [0.1, 0.15) is 33.6 Å². The van der Waals surface area contributed by atoms with Crippen molar-refractivity contribution in [2.24, 2.45) is 11.3 Å². The van der Waals surface area contributed by atoms with Crippen molar-refractivity contribution in [2.45, 2.75) is 34.2 Å². The Morgan fingerprint density at radius 1 is 1.24 bits per heavy atom. The average Bonchev–Trinajstić information content (AvgIpc) is 2.87. The van der Waals surface area contributed by atoms with Gasteiger partial charge in [0.15, 0.2) is 0 Å². The summed E-state index contributed by atoms with van der Waals surface area (Å²) in [6.07, 6.45) is 0. The van der Waals surface area contributed by atoms with Crippen LogP contribution in [0.15, 0.2) is 33.2 Å². The monoisotopic (exact) mass is 351 g/mol. The SMILES string of the molecule is CC(C)C(C)(C)CNCc1nnc(-c2ccccc2Br)o1. The zero-order chi connectivity index (χ0) is 15.5. The molecule has 0 spiro atoms. The van der Waals surface area contributed by atoms with Crippen molar-refractivity contribution < 1.29 is 4.42 Å². The number of aromatic nitrogens is 2. The van der Waals surface area contributed by atoms with E-state index in [-0.39, 0.29) is 5.41 Å². The third-order valence-corrected chi connectivity index (χ3v) is 4.68. The smallest absolute Gasteiger partial charge is 0.248 e. The van der Waals surface area contributed by atoms with E-state index < -0.39 is 0 Å². The van der Waals surface area contributed by atoms with E-state index in [9.17, 15) is 0 Å². The maximum Gasteiger partial charge on any atom is 0.248 e. The number of halogens is 1. The minimum Gasteiger partial charge on any atom is -0.419 e. The van der Waals surface area contributed by atoms with E-state index >= 15 is 0 Å². The third kappa shape index (κ3) is 4.14. The first-order chi connectivity index (χ1) is 9.90. The van der Waals surface area contributed by atoms with Gasteiger partial charge in [0.05, 0.1) is 12.1 Å². The second kappa shape index (κ2) is 6.71. The molecule has 114 valence electrons. The second-order valence-electron chi connectivity index (χ2n) is 6.23. The summed E-state index contributed by atoms with van der Waals surface area (Å²) < 4.78 is 6.66. The van der Waals surface area contributed by atoms with Crippen molar-refractivity contribution in [3.63, 3.8) is 0 Å². The van der Waals surface area contributed by atoms with Gasteiger partial charge >= 0.3 is 0 Å². The van der Waals surface area contributed by atoms with Crippen molar-refractivity contribution in [2.75, 3.05) is 6.54 Å². The molecule has 21 heavy (non-hydrogen) atoms. The molecule has 1 N–H and O–H groups in total. The molecule has 0 saturated carbocycles. The fourth-order valence-corrected chi connectivity index (χ4v) is 2.22. The van der Waals surface area contributed by atoms with Crippen LogP contribution in [0.3, 0.4) is 0 Å². The van der Waals surface area contributed by atoms with Crippen LogP contribution >= 0.6 is 15.9 Å². The Labute approximate surface area is 134 Å². The first kappa shape index (κ1) is 16.2. The lowest BCUT2D eigenvalue weighted by Gasteiger charge is -2.29. The molecule has 0 fully saturated rings. The van der Waals surface area contributed by atoms with Gasteiger partial charge in [-0.1, -0.05) is 39.8 Å². The van der Waals surface area contributed by atoms with Crippen molar-refractivity contribution in [3.8, 4) is 11.5 Å². The van der Waals surface area contributed by atoms with Gasteiger partial charge < -0.3 is 9.73 Å². The van der Waals surface area contributed by atoms with Crippen molar-refractivity contribution in [1.29, 1.82) is 0 Å². The summed E-state index contributed by atoms with van der Waals surface area (Å²) in [5, 5.41) is 11.6. The van der Waals surface area contributed by atoms with Gasteiger partial charge in [-0.05, 0) is 39.4 Å². The van der Waals surface area contributed by atoms with Crippen LogP contribution in [0.5, 0.6) is 0 Å². The van der Waals surface area contributed by atoms with E-state index in [1.807, 2.05) is 24.3 Å². The summed E-state index contributed by atoms with van der Waals surface area (Å²) in [5.74, 6) is 1.77. The minimum atomic E-state index is 0.241. The van der Waals surface area contributed by atoms with E-state index in [1.165, 1.54) is 0 Å². The highest BCUT2D eigenvalue weighted by atomic mass is 79.9. The average molecular weight is 352 g/mol. The zero-order valence-corrected chi connectivity index (χ0v) is 14.6. The van der Waals surface area contributed by atoms with Gasteiger partial charge in [0.2, 0.25) is 11.8 Å². The maximum atomic E-state index is 5.71. The van der Waals surface area contributed by atoms with Crippen molar-refractivity contribution in [1.82, 2.24) is 15.5 Å². The van der Waals surface area contributed by atoms with Crippen LogP contribution in [0, 0.1) is 11.3 Å². The maximum absolute atomic E-state index is 5.71. The molecular formula is C16H22BrN3O. The predicted octanol–water partition coefficient (Wildman–Crippen LogP) is 4.27. The lowest BCUT2D eigenvalue weighted by atomic mass is 9.81. The lowest BCUT2D eigenvalue weighted by Crippen LogP contribution is -2.33. The Morgan fingerprint density at radius 2 is 1.95 bits per heavy atom. The fraction of sp³-hybridized carbons (Fsp3) is 0.500. The summed E-state index contributed by atoms with van der Waals surface area (Å²) in [6.45, 7) is 10.5. The van der Waals surface area contributed by atoms with E-state index in [4.69, 9.17) is 4.42 Å². The van der Waals surface area contributed by atoms with Gasteiger partial charge in [-0.25, -0.2) is 0 Å². The van der Waals surface area contributed by atoms with Crippen molar-refractivity contribution in [3.05, 3.63) is 34.6 Å². The molecule has 0 atom stereocenters. The number of nitrogens with zero attached hydrogens (tertiary/aromatic N) is 2. The number of nitrogens with one attached hydrogen (secondary N) is 1. The molecule has 0 aliphatic rings. The fourth-order valence-electron chi connectivity index (χ4n) is 1.76. The Hall–Kier alpha value is -1.20. The van der Waals surface area contributed by atoms with E-state index in [0.717, 1.165) is 16.6 Å². The van der Waals surface area contributed by atoms with Crippen LogP contribution in [-0.4, -0.2) is 16.7 Å². The standard InChI is InChI=1S/C16H22BrN3O/c1-11(2)16(3,4)10-18-9-14-19-20-15(21-14)12-7-5-6-8-13(12)17/h5-8,11,18H,9-10H2,1-4H3. The summed E-state index contributed by atoms with van der Waals surface area (Å²) in [5.41, 5.74) is 1.16. The van der Waals surface area contributed by atoms with E-state index in [1.54, 1.807) is 0 Å². The first-order valence-electron chi connectivity index (χ1n) is 7.18. The number of rotatable bonds is 6. The normalized spacial score (nSPS) is 12.1. The molecular weight excluding hydrogens is 330 g/mol. The zero-order valence-electron chi connectivity index (χ0n) is 13.0. The Morgan fingerprint density at radius 3 is 2.62 bits per heavy atom. The largest absolute Gasteiger partial charge is 0.419 e. The molecule has 0 radical (unpaired) electrons. The van der Waals surface area contributed by atoms with Gasteiger partial charge in [-0.3, -0.25) is 0 Å². The quantitative estimate of drug-likeness (QED) is 0.844. The van der Waals surface area contributed by atoms with Crippen LogP contribution in [0.4, 0.5) is 0 Å². The van der Waals surface area contributed by atoms with E-state index in [2.05, 4.69) is 59.1 Å². The summed E-state index contributed by atoms with van der Waals surface area (Å²) in [4.78, 5) is 0. The van der Waals surface area contributed by atoms with Gasteiger partial charge in [0.1, 0.15) is 0 Å². The number of hydrogen-bond donors (Lipinski definition) is 1. The predicted molar refractivity (Wildman–Crippen MR) is 87.8 cm³/mol. The highest BCUT2D eigenvalue weighted by molar-refractivity contribution is 9.10. The molecule has 0 bridgehead atoms. The molecule has 5 heteroatoms. The van der Waals surface area contributed by atoms with Gasteiger partial charge in [-0.2, -0.15) is 0 Å². The van der Waals surface area contributed by atoms with Crippen molar-refractivity contribution >= 4 is 15.9 Å². The Bertz CT molecular complexity index is 593. The van der Waals surface area contributed by atoms with Gasteiger partial charge in [0.25, 0.3) is 0 Å². The first-order valence-corrected chi connectivity index (χ1v) is 7.97. The molecule has 0 unspecified atom stereocenters. The molecule has 2 aromatic rings. The summed E-state index contributed by atoms with van der Waals surface area (Å²) in [6, 6.07) is 7.83. The summed E-state index contributed by atoms with van der Waals surface area (Å²) in [7, 11) is 0. The van der Waals surface area contributed by atoms with Crippen LogP contribution < -0.4 is 5.32 Å². The second-order valence-corrected chi connectivity index (χ2v) is 7.08. The van der Waals surface area contributed by atoms with Crippen LogP contribution in [0.25, 0.3) is 11.5 Å². The van der Waals surface area contributed by atoms with E-state index in [0.29, 0.717) is 24.2 Å². The lowest BCUT2D eigenvalue weighted by molar-refractivity contribution is 0.235. The highest BCUT2D eigenvalue weighted by Gasteiger charge is 2.22. The number of benzene rings is 1. The van der Waals surface area contributed by atoms with Crippen LogP contribution in [-0.2, 0) is 6.54 Å². The molecule has 1 aromatic carbocycles. The van der Waals surface area contributed by atoms with Gasteiger partial charge in [0, 0.05) is 11.0 Å². The highest BCUT2D eigenvalue weighted by Crippen LogP contribution is 2.27. The Balaban J connectivity index is 1.97. The molecule has 0 saturated heterocycles. The Kier molecular flexibility index (Phi) is 5.17. The molecule has 4 nitrogen and oxygen atoms in total. The summed E-state index contributed by atoms with van der Waals surface area (Å²) >= 11 is 3.49. The molecule has 1 heterocycles.